The summed E-state index contributed by atoms with van der Waals surface area (Å²) in [6.07, 6.45) is 5.06. The van der Waals surface area contributed by atoms with Gasteiger partial charge in [-0.1, -0.05) is 13.8 Å². The number of aryl methyl sites for hydroxylation is 1. The summed E-state index contributed by atoms with van der Waals surface area (Å²) in [6, 6.07) is -0.150. The summed E-state index contributed by atoms with van der Waals surface area (Å²) in [5.41, 5.74) is 1.87. The Bertz CT molecular complexity index is 812. The minimum Gasteiger partial charge on any atom is -0.345 e. The molecule has 0 aliphatic carbocycles. The molecule has 8 heteroatoms. The van der Waals surface area contributed by atoms with E-state index in [4.69, 9.17) is 0 Å². The van der Waals surface area contributed by atoms with Crippen LogP contribution < -0.4 is 5.32 Å². The number of hydrogen-bond donors (Lipinski definition) is 1. The first-order valence-corrected chi connectivity index (χ1v) is 8.80. The van der Waals surface area contributed by atoms with Gasteiger partial charge in [0.2, 0.25) is 5.91 Å². The molecule has 0 fully saturated rings. The predicted molar refractivity (Wildman–Crippen MR) is 95.1 cm³/mol. The summed E-state index contributed by atoms with van der Waals surface area (Å²) in [5.74, 6) is 0.529. The number of nitrogens with one attached hydrogen (secondary N) is 1. The summed E-state index contributed by atoms with van der Waals surface area (Å²) in [7, 11) is 0. The lowest BCUT2D eigenvalue weighted by molar-refractivity contribution is -0.137. The van der Waals surface area contributed by atoms with Crippen molar-refractivity contribution < 1.29 is 9.59 Å². The van der Waals surface area contributed by atoms with Crippen LogP contribution in [-0.4, -0.2) is 42.8 Å². The molecule has 26 heavy (non-hydrogen) atoms. The molecule has 1 aliphatic heterocycles. The Kier molecular flexibility index (Phi) is 5.01. The lowest BCUT2D eigenvalue weighted by Crippen LogP contribution is -2.42. The van der Waals surface area contributed by atoms with Crippen molar-refractivity contribution in [3.63, 3.8) is 0 Å². The van der Waals surface area contributed by atoms with Gasteiger partial charge in [0.1, 0.15) is 11.5 Å². The Morgan fingerprint density at radius 2 is 2.04 bits per heavy atom. The Balaban J connectivity index is 1.69. The van der Waals surface area contributed by atoms with E-state index in [9.17, 15) is 9.59 Å². The molecule has 2 amide bonds. The zero-order valence-electron chi connectivity index (χ0n) is 15.6. The fraction of sp³-hybridized carbons (Fsp3) is 0.500. The molecule has 1 N–H and O–H groups in total. The van der Waals surface area contributed by atoms with Gasteiger partial charge in [-0.25, -0.2) is 4.98 Å². The monoisotopic (exact) mass is 356 g/mol. The van der Waals surface area contributed by atoms with Crippen molar-refractivity contribution in [3.05, 3.63) is 41.5 Å². The maximum Gasteiger partial charge on any atom is 0.271 e. The van der Waals surface area contributed by atoms with Crippen LogP contribution in [-0.2, 0) is 17.9 Å². The van der Waals surface area contributed by atoms with E-state index < -0.39 is 0 Å². The van der Waals surface area contributed by atoms with Gasteiger partial charge in [0.05, 0.1) is 30.2 Å². The summed E-state index contributed by atoms with van der Waals surface area (Å²) < 4.78 is 1.95. The maximum atomic E-state index is 12.4. The Hall–Kier alpha value is -2.77. The predicted octanol–water partition coefficient (Wildman–Crippen LogP) is 1.47. The first-order chi connectivity index (χ1) is 12.4. The van der Waals surface area contributed by atoms with E-state index in [0.29, 0.717) is 31.0 Å². The number of aromatic nitrogens is 4. The molecule has 138 valence electrons. The average molecular weight is 356 g/mol. The number of fused-ring (bicyclic) bond motifs is 1. The van der Waals surface area contributed by atoms with Crippen molar-refractivity contribution >= 4 is 11.8 Å². The number of carbonyl (C=O) groups is 2. The molecule has 0 saturated heterocycles. The molecule has 8 nitrogen and oxygen atoms in total. The molecule has 1 atom stereocenters. The van der Waals surface area contributed by atoms with Crippen LogP contribution in [0.1, 0.15) is 54.5 Å². The van der Waals surface area contributed by atoms with Crippen molar-refractivity contribution in [2.24, 2.45) is 5.92 Å². The topological polar surface area (TPSA) is 93.0 Å². The normalized spacial score (nSPS) is 16.5. The number of nitrogens with zero attached hydrogens (tertiary/aromatic N) is 5. The maximum absolute atomic E-state index is 12.4. The van der Waals surface area contributed by atoms with Gasteiger partial charge in [0, 0.05) is 31.4 Å². The number of amides is 2. The fourth-order valence-electron chi connectivity index (χ4n) is 3.01. The van der Waals surface area contributed by atoms with Crippen molar-refractivity contribution in [1.82, 2.24) is 29.7 Å². The molecule has 2 aromatic heterocycles. The first kappa shape index (κ1) is 18.0. The van der Waals surface area contributed by atoms with Crippen molar-refractivity contribution in [2.45, 2.75) is 46.8 Å². The van der Waals surface area contributed by atoms with E-state index in [1.54, 1.807) is 18.6 Å². The number of carbonyl (C=O) groups excluding carboxylic acids is 2. The van der Waals surface area contributed by atoms with Crippen molar-refractivity contribution in [1.29, 1.82) is 0 Å². The average Bonchev–Trinajstić information content (AvgIpc) is 3.06. The number of imidazole rings is 1. The Morgan fingerprint density at radius 3 is 2.69 bits per heavy atom. The van der Waals surface area contributed by atoms with E-state index in [0.717, 1.165) is 11.5 Å². The van der Waals surface area contributed by atoms with Crippen LogP contribution >= 0.6 is 0 Å². The molecule has 0 spiro atoms. The van der Waals surface area contributed by atoms with Gasteiger partial charge in [-0.2, -0.15) is 0 Å². The molecule has 0 radical (unpaired) electrons. The molecule has 3 rings (SSSR count). The van der Waals surface area contributed by atoms with E-state index in [2.05, 4.69) is 20.3 Å². The van der Waals surface area contributed by atoms with E-state index in [1.165, 1.54) is 0 Å². The highest BCUT2D eigenvalue weighted by Crippen LogP contribution is 2.26. The quantitative estimate of drug-likeness (QED) is 0.895. The zero-order chi connectivity index (χ0) is 18.8. The third-order valence-electron chi connectivity index (χ3n) is 4.50. The highest BCUT2D eigenvalue weighted by Gasteiger charge is 2.31. The Labute approximate surface area is 152 Å². The van der Waals surface area contributed by atoms with E-state index in [-0.39, 0.29) is 23.8 Å². The third-order valence-corrected chi connectivity index (χ3v) is 4.50. The largest absolute Gasteiger partial charge is 0.345 e. The van der Waals surface area contributed by atoms with Crippen LogP contribution in [0, 0.1) is 12.8 Å². The third kappa shape index (κ3) is 3.58. The second kappa shape index (κ2) is 7.23. The standard InChI is InChI=1S/C18H24N6O2/c1-11(2)18(26)24-6-5-23-10-15(22-16(23)13(24)4)17(25)21-9-14-8-19-12(3)7-20-14/h7-8,10-11,13H,5-6,9H2,1-4H3,(H,21,25)/t13-/m0/s1. The number of rotatable bonds is 4. The van der Waals surface area contributed by atoms with Crippen LogP contribution in [0.2, 0.25) is 0 Å². The van der Waals surface area contributed by atoms with Gasteiger partial charge in [-0.3, -0.25) is 19.6 Å². The highest BCUT2D eigenvalue weighted by atomic mass is 16.2. The highest BCUT2D eigenvalue weighted by molar-refractivity contribution is 5.92. The molecular formula is C18H24N6O2. The van der Waals surface area contributed by atoms with Crippen LogP contribution in [0.25, 0.3) is 0 Å². The molecule has 0 saturated carbocycles. The SMILES string of the molecule is Cc1cnc(CNC(=O)c2cn3c(n2)[C@H](C)N(C(=O)C(C)C)CC3)cn1. The molecular weight excluding hydrogens is 332 g/mol. The summed E-state index contributed by atoms with van der Waals surface area (Å²) >= 11 is 0. The minimum atomic E-state index is -0.261. The lowest BCUT2D eigenvalue weighted by atomic mass is 10.1. The molecule has 1 aliphatic rings. The molecule has 0 bridgehead atoms. The summed E-state index contributed by atoms with van der Waals surface area (Å²) in [6.45, 7) is 9.15. The van der Waals surface area contributed by atoms with Crippen molar-refractivity contribution in [2.75, 3.05) is 6.54 Å². The summed E-state index contributed by atoms with van der Waals surface area (Å²) in [5, 5.41) is 2.81. The van der Waals surface area contributed by atoms with Gasteiger partial charge >= 0.3 is 0 Å². The number of hydrogen-bond acceptors (Lipinski definition) is 5. The molecule has 0 aromatic carbocycles. The van der Waals surface area contributed by atoms with E-state index >= 15 is 0 Å². The Morgan fingerprint density at radius 1 is 1.27 bits per heavy atom. The zero-order valence-corrected chi connectivity index (χ0v) is 15.6. The van der Waals surface area contributed by atoms with Crippen LogP contribution in [0.3, 0.4) is 0 Å². The van der Waals surface area contributed by atoms with Gasteiger partial charge in [0.15, 0.2) is 0 Å². The van der Waals surface area contributed by atoms with Crippen LogP contribution in [0.4, 0.5) is 0 Å². The van der Waals surface area contributed by atoms with E-state index in [1.807, 2.05) is 37.2 Å². The van der Waals surface area contributed by atoms with Gasteiger partial charge < -0.3 is 14.8 Å². The van der Waals surface area contributed by atoms with Gasteiger partial charge in [-0.15, -0.1) is 0 Å². The van der Waals surface area contributed by atoms with Crippen molar-refractivity contribution in [3.8, 4) is 0 Å². The fourth-order valence-corrected chi connectivity index (χ4v) is 3.01. The summed E-state index contributed by atoms with van der Waals surface area (Å²) in [4.78, 5) is 39.4. The first-order valence-electron chi connectivity index (χ1n) is 8.80. The molecule has 0 unspecified atom stereocenters. The second-order valence-electron chi connectivity index (χ2n) is 6.87. The minimum absolute atomic E-state index is 0.0580. The van der Waals surface area contributed by atoms with Crippen LogP contribution in [0.5, 0.6) is 0 Å². The van der Waals surface area contributed by atoms with Gasteiger partial charge in [-0.05, 0) is 13.8 Å². The molecule has 2 aromatic rings. The van der Waals surface area contributed by atoms with Crippen LogP contribution in [0.15, 0.2) is 18.6 Å². The van der Waals surface area contributed by atoms with Gasteiger partial charge in [0.25, 0.3) is 5.91 Å². The lowest BCUT2D eigenvalue weighted by Gasteiger charge is -2.34. The smallest absolute Gasteiger partial charge is 0.271 e. The second-order valence-corrected chi connectivity index (χ2v) is 6.87. The molecule has 3 heterocycles.